The summed E-state index contributed by atoms with van der Waals surface area (Å²) in [7, 11) is 1.46. The van der Waals surface area contributed by atoms with Crippen molar-refractivity contribution in [3.63, 3.8) is 0 Å². The highest BCUT2D eigenvalue weighted by molar-refractivity contribution is 6.18. The minimum Gasteiger partial charge on any atom is -0.463 e. The molecule has 0 amide bonds. The standard InChI is InChI=1S/C16H17NO6/c1-9-12(14(19)23-8-7-22-2)15(20)13(18)10-5-3-4-6-11(10)16(15,21)17-9/h3-6,12,20-21H,7-8H2,1-2H3/t12?,15-,16-/m1/s1. The van der Waals surface area contributed by atoms with Crippen molar-refractivity contribution in [1.82, 2.24) is 0 Å². The fraction of sp³-hybridized carbons (Fsp3) is 0.438. The van der Waals surface area contributed by atoms with Crippen LogP contribution in [-0.4, -0.2) is 53.6 Å². The second kappa shape index (κ2) is 5.23. The molecule has 0 saturated carbocycles. The van der Waals surface area contributed by atoms with Gasteiger partial charge in [-0.2, -0.15) is 0 Å². The van der Waals surface area contributed by atoms with Gasteiger partial charge in [0, 0.05) is 23.9 Å². The number of carbonyl (C=O) groups is 2. The van der Waals surface area contributed by atoms with E-state index in [9.17, 15) is 19.8 Å². The summed E-state index contributed by atoms with van der Waals surface area (Å²) in [5, 5.41) is 21.9. The van der Waals surface area contributed by atoms with Crippen LogP contribution < -0.4 is 0 Å². The van der Waals surface area contributed by atoms with Gasteiger partial charge in [-0.3, -0.25) is 14.6 Å². The van der Waals surface area contributed by atoms with Gasteiger partial charge in [0.1, 0.15) is 12.5 Å². The van der Waals surface area contributed by atoms with Crippen molar-refractivity contribution in [2.24, 2.45) is 10.9 Å². The summed E-state index contributed by atoms with van der Waals surface area (Å²) in [6.07, 6.45) is 0. The molecule has 2 aliphatic rings. The molecule has 122 valence electrons. The highest BCUT2D eigenvalue weighted by Crippen LogP contribution is 2.53. The van der Waals surface area contributed by atoms with Gasteiger partial charge in [-0.25, -0.2) is 0 Å². The Morgan fingerprint density at radius 3 is 2.70 bits per heavy atom. The summed E-state index contributed by atoms with van der Waals surface area (Å²) >= 11 is 0. The number of Topliss-reactive ketones (excluding diaryl/α,β-unsaturated/α-hetero) is 1. The van der Waals surface area contributed by atoms with Crippen LogP contribution in [0.15, 0.2) is 29.3 Å². The van der Waals surface area contributed by atoms with Gasteiger partial charge >= 0.3 is 5.97 Å². The summed E-state index contributed by atoms with van der Waals surface area (Å²) < 4.78 is 9.83. The van der Waals surface area contributed by atoms with Gasteiger partial charge < -0.3 is 19.7 Å². The molecule has 1 aliphatic carbocycles. The van der Waals surface area contributed by atoms with Gasteiger partial charge in [-0.15, -0.1) is 0 Å². The van der Waals surface area contributed by atoms with Gasteiger partial charge in [-0.1, -0.05) is 24.3 Å². The average molecular weight is 319 g/mol. The Hall–Kier alpha value is -2.09. The molecule has 23 heavy (non-hydrogen) atoms. The SMILES string of the molecule is COCCOC(=O)C1C(C)=N[C@@]2(O)c3ccccc3C(=O)[C@]12O. The van der Waals surface area contributed by atoms with Crippen molar-refractivity contribution in [2.45, 2.75) is 18.2 Å². The Balaban J connectivity index is 2.03. The number of aliphatic imine (C=N–C) groups is 1. The number of ether oxygens (including phenoxy) is 2. The average Bonchev–Trinajstić information content (AvgIpc) is 2.83. The van der Waals surface area contributed by atoms with Crippen LogP contribution in [0.1, 0.15) is 22.8 Å². The van der Waals surface area contributed by atoms with Crippen molar-refractivity contribution >= 4 is 17.5 Å². The third-order valence-electron chi connectivity index (χ3n) is 4.37. The van der Waals surface area contributed by atoms with Crippen molar-refractivity contribution in [2.75, 3.05) is 20.3 Å². The number of hydrogen-bond acceptors (Lipinski definition) is 7. The first kappa shape index (κ1) is 15.8. The number of carbonyl (C=O) groups excluding carboxylic acids is 2. The predicted octanol–water partition coefficient (Wildman–Crippen LogP) is 0.0394. The van der Waals surface area contributed by atoms with Crippen LogP contribution in [0.4, 0.5) is 0 Å². The lowest BCUT2D eigenvalue weighted by molar-refractivity contribution is -0.165. The zero-order valence-corrected chi connectivity index (χ0v) is 12.8. The molecule has 1 unspecified atom stereocenters. The largest absolute Gasteiger partial charge is 0.463 e. The van der Waals surface area contributed by atoms with Crippen LogP contribution >= 0.6 is 0 Å². The molecule has 3 rings (SSSR count). The summed E-state index contributed by atoms with van der Waals surface area (Å²) in [6.45, 7) is 1.65. The first-order chi connectivity index (χ1) is 10.9. The molecule has 0 bridgehead atoms. The maximum Gasteiger partial charge on any atom is 0.318 e. The van der Waals surface area contributed by atoms with Crippen molar-refractivity contribution < 1.29 is 29.3 Å². The number of rotatable bonds is 4. The number of esters is 1. The number of hydrogen-bond donors (Lipinski definition) is 2. The van der Waals surface area contributed by atoms with E-state index in [0.29, 0.717) is 0 Å². The smallest absolute Gasteiger partial charge is 0.318 e. The highest BCUT2D eigenvalue weighted by atomic mass is 16.6. The van der Waals surface area contributed by atoms with Crippen molar-refractivity contribution in [1.29, 1.82) is 0 Å². The Morgan fingerprint density at radius 1 is 1.30 bits per heavy atom. The molecule has 0 fully saturated rings. The normalized spacial score (nSPS) is 31.6. The van der Waals surface area contributed by atoms with Crippen LogP contribution in [0.25, 0.3) is 0 Å². The Morgan fingerprint density at radius 2 is 2.00 bits per heavy atom. The van der Waals surface area contributed by atoms with E-state index in [-0.39, 0.29) is 30.1 Å². The van der Waals surface area contributed by atoms with E-state index in [2.05, 4.69) is 4.99 Å². The second-order valence-corrected chi connectivity index (χ2v) is 5.66. The molecule has 2 N–H and O–H groups in total. The van der Waals surface area contributed by atoms with Crippen molar-refractivity contribution in [3.8, 4) is 0 Å². The first-order valence-corrected chi connectivity index (χ1v) is 7.19. The summed E-state index contributed by atoms with van der Waals surface area (Å²) in [6, 6.07) is 6.25. The minimum absolute atomic E-state index is 0.0191. The molecule has 0 radical (unpaired) electrons. The predicted molar refractivity (Wildman–Crippen MR) is 79.1 cm³/mol. The number of fused-ring (bicyclic) bond motifs is 3. The molecule has 3 atom stereocenters. The van der Waals surface area contributed by atoms with Gasteiger partial charge in [0.2, 0.25) is 11.5 Å². The summed E-state index contributed by atoms with van der Waals surface area (Å²) in [5.74, 6) is -2.91. The summed E-state index contributed by atoms with van der Waals surface area (Å²) in [4.78, 5) is 29.1. The first-order valence-electron chi connectivity index (χ1n) is 7.19. The van der Waals surface area contributed by atoms with Crippen LogP contribution in [0, 0.1) is 5.92 Å². The van der Waals surface area contributed by atoms with Gasteiger partial charge in [-0.05, 0) is 6.92 Å². The molecule has 0 aromatic heterocycles. The molecule has 0 spiro atoms. The quantitative estimate of drug-likeness (QED) is 0.599. The monoisotopic (exact) mass is 319 g/mol. The maximum absolute atomic E-state index is 12.7. The van der Waals surface area contributed by atoms with E-state index in [1.165, 1.54) is 26.2 Å². The van der Waals surface area contributed by atoms with E-state index in [4.69, 9.17) is 9.47 Å². The minimum atomic E-state index is -2.38. The van der Waals surface area contributed by atoms with Gasteiger partial charge in [0.25, 0.3) is 0 Å². The lowest BCUT2D eigenvalue weighted by Crippen LogP contribution is -2.56. The highest BCUT2D eigenvalue weighted by Gasteiger charge is 2.72. The molecule has 1 aliphatic heterocycles. The van der Waals surface area contributed by atoms with Gasteiger partial charge in [0.05, 0.1) is 6.61 Å². The zero-order valence-electron chi connectivity index (χ0n) is 12.8. The van der Waals surface area contributed by atoms with Crippen LogP contribution in [-0.2, 0) is 20.0 Å². The van der Waals surface area contributed by atoms with Gasteiger partial charge in [0.15, 0.2) is 5.60 Å². The Kier molecular flexibility index (Phi) is 3.59. The lowest BCUT2D eigenvalue weighted by atomic mass is 9.79. The number of aliphatic hydroxyl groups is 2. The molecular formula is C16H17NO6. The van der Waals surface area contributed by atoms with E-state index in [1.807, 2.05) is 0 Å². The Bertz CT molecular complexity index is 714. The molecule has 0 saturated heterocycles. The third kappa shape index (κ3) is 1.90. The third-order valence-corrected chi connectivity index (χ3v) is 4.37. The molecule has 1 aromatic carbocycles. The second-order valence-electron chi connectivity index (χ2n) is 5.66. The number of nitrogens with zero attached hydrogens (tertiary/aromatic N) is 1. The molecule has 7 heteroatoms. The molecule has 7 nitrogen and oxygen atoms in total. The Labute approximate surface area is 132 Å². The van der Waals surface area contributed by atoms with E-state index in [1.54, 1.807) is 12.1 Å². The summed E-state index contributed by atoms with van der Waals surface area (Å²) in [5.41, 5.74) is -4.05. The fourth-order valence-corrected chi connectivity index (χ4v) is 3.30. The number of benzene rings is 1. The molecular weight excluding hydrogens is 302 g/mol. The van der Waals surface area contributed by atoms with Crippen LogP contribution in [0.5, 0.6) is 0 Å². The van der Waals surface area contributed by atoms with Crippen molar-refractivity contribution in [3.05, 3.63) is 35.4 Å². The zero-order chi connectivity index (χ0) is 16.8. The van der Waals surface area contributed by atoms with Crippen LogP contribution in [0.3, 0.4) is 0 Å². The number of ketones is 1. The lowest BCUT2D eigenvalue weighted by Gasteiger charge is -2.31. The molecule has 1 aromatic rings. The topological polar surface area (TPSA) is 105 Å². The van der Waals surface area contributed by atoms with E-state index >= 15 is 0 Å². The number of methoxy groups -OCH3 is 1. The van der Waals surface area contributed by atoms with Crippen LogP contribution in [0.2, 0.25) is 0 Å². The fourth-order valence-electron chi connectivity index (χ4n) is 3.30. The van der Waals surface area contributed by atoms with E-state index in [0.717, 1.165) is 0 Å². The maximum atomic E-state index is 12.7. The van der Waals surface area contributed by atoms with E-state index < -0.39 is 29.0 Å². The molecule has 1 heterocycles.